The Morgan fingerprint density at radius 2 is 2.05 bits per heavy atom. The first-order chi connectivity index (χ1) is 10.4. The van der Waals surface area contributed by atoms with Gasteiger partial charge in [0.15, 0.2) is 0 Å². The van der Waals surface area contributed by atoms with Gasteiger partial charge in [-0.05, 0) is 25.2 Å². The lowest BCUT2D eigenvalue weighted by Crippen LogP contribution is -2.39. The Balaban J connectivity index is 2.22. The summed E-state index contributed by atoms with van der Waals surface area (Å²) in [5, 5.41) is 19.6. The highest BCUT2D eigenvalue weighted by atomic mass is 35.5. The van der Waals surface area contributed by atoms with Crippen molar-refractivity contribution in [3.05, 3.63) is 39.4 Å². The van der Waals surface area contributed by atoms with E-state index in [2.05, 4.69) is 9.97 Å². The molecule has 1 heterocycles. The molecule has 2 rings (SSSR count). The van der Waals surface area contributed by atoms with Crippen LogP contribution in [0.1, 0.15) is 12.7 Å². The Morgan fingerprint density at radius 3 is 2.68 bits per heavy atom. The minimum Gasteiger partial charge on any atom is -0.396 e. The van der Waals surface area contributed by atoms with Crippen molar-refractivity contribution in [3.8, 4) is 0 Å². The molecule has 1 aromatic carbocycles. The first-order valence-electron chi connectivity index (χ1n) is 6.95. The molecule has 0 amide bonds. The first kappa shape index (κ1) is 16.9. The number of benzene rings is 1. The van der Waals surface area contributed by atoms with Gasteiger partial charge in [-0.2, -0.15) is 0 Å². The van der Waals surface area contributed by atoms with E-state index in [4.69, 9.17) is 11.6 Å². The van der Waals surface area contributed by atoms with Gasteiger partial charge in [-0.1, -0.05) is 18.5 Å². The summed E-state index contributed by atoms with van der Waals surface area (Å²) in [7, 11) is 1.84. The number of hydrogen-bond acceptors (Lipinski definition) is 5. The molecule has 6 nitrogen and oxygen atoms in total. The fourth-order valence-electron chi connectivity index (χ4n) is 2.35. The van der Waals surface area contributed by atoms with E-state index in [1.54, 1.807) is 25.1 Å². The number of fused-ring (bicyclic) bond motifs is 1. The van der Waals surface area contributed by atoms with Gasteiger partial charge in [-0.3, -0.25) is 9.69 Å². The van der Waals surface area contributed by atoms with Crippen LogP contribution in [0, 0.1) is 5.41 Å². The van der Waals surface area contributed by atoms with Crippen molar-refractivity contribution in [3.63, 3.8) is 0 Å². The van der Waals surface area contributed by atoms with Crippen LogP contribution in [0.5, 0.6) is 0 Å². The average molecular weight is 326 g/mol. The smallest absolute Gasteiger partial charge is 0.258 e. The number of nitrogens with zero attached hydrogens (tertiary/aromatic N) is 2. The third-order valence-corrected chi connectivity index (χ3v) is 3.79. The van der Waals surface area contributed by atoms with Crippen LogP contribution in [0.3, 0.4) is 0 Å². The summed E-state index contributed by atoms with van der Waals surface area (Å²) in [6, 6.07) is 4.99. The molecule has 0 aliphatic heterocycles. The lowest BCUT2D eigenvalue weighted by Gasteiger charge is -2.30. The van der Waals surface area contributed by atoms with Crippen LogP contribution in [-0.4, -0.2) is 51.9 Å². The molecule has 2 aromatic rings. The number of aliphatic hydroxyl groups excluding tert-OH is 2. The Bertz CT molecular complexity index is 713. The molecule has 0 fully saturated rings. The number of H-pyrrole nitrogens is 1. The molecule has 0 saturated heterocycles. The first-order valence-corrected chi connectivity index (χ1v) is 7.33. The van der Waals surface area contributed by atoms with Gasteiger partial charge in [0.05, 0.1) is 30.7 Å². The molecule has 1 aromatic heterocycles. The summed E-state index contributed by atoms with van der Waals surface area (Å²) in [6.07, 6.45) is 0. The molecule has 0 bridgehead atoms. The van der Waals surface area contributed by atoms with E-state index in [1.165, 1.54) is 0 Å². The van der Waals surface area contributed by atoms with Crippen molar-refractivity contribution in [1.82, 2.24) is 14.9 Å². The summed E-state index contributed by atoms with van der Waals surface area (Å²) in [5.74, 6) is 0.528. The highest BCUT2D eigenvalue weighted by Gasteiger charge is 2.24. The summed E-state index contributed by atoms with van der Waals surface area (Å²) in [4.78, 5) is 21.1. The predicted octanol–water partition coefficient (Wildman–Crippen LogP) is 0.999. The van der Waals surface area contributed by atoms with Crippen LogP contribution in [0.2, 0.25) is 5.02 Å². The lowest BCUT2D eigenvalue weighted by atomic mass is 9.92. The number of aliphatic hydroxyl groups is 2. The van der Waals surface area contributed by atoms with E-state index in [0.717, 1.165) is 0 Å². The van der Waals surface area contributed by atoms with Gasteiger partial charge in [0, 0.05) is 17.0 Å². The molecule has 3 N–H and O–H groups in total. The Hall–Kier alpha value is -1.47. The van der Waals surface area contributed by atoms with Gasteiger partial charge < -0.3 is 15.2 Å². The Kier molecular flexibility index (Phi) is 5.18. The van der Waals surface area contributed by atoms with E-state index >= 15 is 0 Å². The van der Waals surface area contributed by atoms with Crippen LogP contribution in [-0.2, 0) is 6.54 Å². The Morgan fingerprint density at radius 1 is 1.36 bits per heavy atom. The monoisotopic (exact) mass is 325 g/mol. The van der Waals surface area contributed by atoms with Crippen molar-refractivity contribution < 1.29 is 10.2 Å². The third kappa shape index (κ3) is 3.84. The number of halogens is 1. The van der Waals surface area contributed by atoms with Crippen molar-refractivity contribution in [2.45, 2.75) is 13.5 Å². The van der Waals surface area contributed by atoms with E-state index in [0.29, 0.717) is 34.8 Å². The third-order valence-electron chi connectivity index (χ3n) is 3.55. The molecule has 0 radical (unpaired) electrons. The second-order valence-electron chi connectivity index (χ2n) is 5.97. The molecule has 22 heavy (non-hydrogen) atoms. The van der Waals surface area contributed by atoms with Crippen LogP contribution in [0.15, 0.2) is 23.0 Å². The number of rotatable bonds is 6. The minimum absolute atomic E-state index is 0.117. The molecule has 120 valence electrons. The fraction of sp³-hybridized carbons (Fsp3) is 0.467. The summed E-state index contributed by atoms with van der Waals surface area (Å²) < 4.78 is 0. The molecular formula is C15H20ClN3O3. The fourth-order valence-corrected chi connectivity index (χ4v) is 2.52. The van der Waals surface area contributed by atoms with E-state index in [9.17, 15) is 15.0 Å². The zero-order valence-electron chi connectivity index (χ0n) is 12.6. The zero-order chi connectivity index (χ0) is 16.3. The van der Waals surface area contributed by atoms with Crippen molar-refractivity contribution >= 4 is 22.5 Å². The van der Waals surface area contributed by atoms with Crippen molar-refractivity contribution in [2.75, 3.05) is 26.8 Å². The number of aromatic nitrogens is 2. The van der Waals surface area contributed by atoms with Gasteiger partial charge in [-0.25, -0.2) is 4.98 Å². The van der Waals surface area contributed by atoms with E-state index in [1.807, 2.05) is 11.9 Å². The number of aromatic amines is 1. The second kappa shape index (κ2) is 6.75. The maximum atomic E-state index is 12.1. The van der Waals surface area contributed by atoms with Crippen LogP contribution in [0.4, 0.5) is 0 Å². The molecule has 7 heteroatoms. The van der Waals surface area contributed by atoms with Gasteiger partial charge >= 0.3 is 0 Å². The Labute approximate surface area is 133 Å². The van der Waals surface area contributed by atoms with Crippen molar-refractivity contribution in [1.29, 1.82) is 0 Å². The maximum Gasteiger partial charge on any atom is 0.258 e. The van der Waals surface area contributed by atoms with Gasteiger partial charge in [0.2, 0.25) is 0 Å². The maximum absolute atomic E-state index is 12.1. The van der Waals surface area contributed by atoms with Gasteiger partial charge in [-0.15, -0.1) is 0 Å². The molecule has 0 saturated carbocycles. The molecular weight excluding hydrogens is 306 g/mol. The zero-order valence-corrected chi connectivity index (χ0v) is 13.4. The predicted molar refractivity (Wildman–Crippen MR) is 86.0 cm³/mol. The largest absolute Gasteiger partial charge is 0.396 e. The SMILES string of the molecule is CN(Cc1nc2ccc(Cl)cc2c(=O)[nH]1)CC(C)(CO)CO. The van der Waals surface area contributed by atoms with Gasteiger partial charge in [0.1, 0.15) is 5.82 Å². The molecule has 0 unspecified atom stereocenters. The van der Waals surface area contributed by atoms with E-state index in [-0.39, 0.29) is 18.8 Å². The van der Waals surface area contributed by atoms with E-state index < -0.39 is 5.41 Å². The van der Waals surface area contributed by atoms with Crippen LogP contribution in [0.25, 0.3) is 10.9 Å². The van der Waals surface area contributed by atoms with Gasteiger partial charge in [0.25, 0.3) is 5.56 Å². The minimum atomic E-state index is -0.598. The van der Waals surface area contributed by atoms with Crippen molar-refractivity contribution in [2.24, 2.45) is 5.41 Å². The lowest BCUT2D eigenvalue weighted by molar-refractivity contribution is 0.0396. The standard InChI is InChI=1S/C15H20ClN3O3/c1-15(8-20,9-21)7-19(2)6-13-17-12-4-3-10(16)5-11(12)14(22)18-13/h3-5,20-21H,6-9H2,1-2H3,(H,17,18,22). The number of hydrogen-bond donors (Lipinski definition) is 3. The molecule has 0 aliphatic carbocycles. The average Bonchev–Trinajstić information content (AvgIpc) is 2.48. The summed E-state index contributed by atoms with van der Waals surface area (Å²) in [5.41, 5.74) is -0.244. The highest BCUT2D eigenvalue weighted by molar-refractivity contribution is 6.31. The molecule has 0 spiro atoms. The summed E-state index contributed by atoms with van der Waals surface area (Å²) >= 11 is 5.88. The normalized spacial score (nSPS) is 12.3. The topological polar surface area (TPSA) is 89.5 Å². The number of nitrogens with one attached hydrogen (secondary N) is 1. The second-order valence-corrected chi connectivity index (χ2v) is 6.41. The quantitative estimate of drug-likeness (QED) is 0.737. The van der Waals surface area contributed by atoms with Crippen LogP contribution < -0.4 is 5.56 Å². The molecule has 0 aliphatic rings. The summed E-state index contributed by atoms with van der Waals surface area (Å²) in [6.45, 7) is 2.44. The highest BCUT2D eigenvalue weighted by Crippen LogP contribution is 2.17. The van der Waals surface area contributed by atoms with Crippen LogP contribution >= 0.6 is 11.6 Å². The molecule has 0 atom stereocenters.